The minimum Gasteiger partial charge on any atom is -0.0616 e. The third-order valence-corrected chi connectivity index (χ3v) is 3.78. The Kier molecular flexibility index (Phi) is 3.20. The average molecular weight is 203 g/mol. The zero-order chi connectivity index (χ0) is 11.0. The van der Waals surface area contributed by atoms with Crippen LogP contribution in [0.1, 0.15) is 45.8 Å². The topological polar surface area (TPSA) is 0 Å². The van der Waals surface area contributed by atoms with E-state index in [2.05, 4.69) is 51.8 Å². The molecule has 0 bridgehead atoms. The number of hydrogen-bond acceptors (Lipinski definition) is 0. The van der Waals surface area contributed by atoms with Crippen molar-refractivity contribution in [1.29, 1.82) is 0 Å². The van der Waals surface area contributed by atoms with Crippen LogP contribution in [0.5, 0.6) is 0 Å². The molecule has 0 saturated carbocycles. The van der Waals surface area contributed by atoms with Crippen molar-refractivity contribution in [3.8, 4) is 0 Å². The fourth-order valence-electron chi connectivity index (χ4n) is 2.18. The van der Waals surface area contributed by atoms with Crippen molar-refractivity contribution in [2.45, 2.75) is 47.1 Å². The van der Waals surface area contributed by atoms with E-state index in [9.17, 15) is 0 Å². The maximum Gasteiger partial charge on any atom is 0.0327 e. The molecule has 1 unspecified atom stereocenters. The monoisotopic (exact) mass is 203 g/mol. The van der Waals surface area contributed by atoms with Crippen molar-refractivity contribution in [1.82, 2.24) is 0 Å². The Morgan fingerprint density at radius 2 is 1.00 bits per heavy atom. The first-order valence-electron chi connectivity index (χ1n) is 5.15. The molecule has 3 radical (unpaired) electrons. The van der Waals surface area contributed by atoms with Gasteiger partial charge < -0.3 is 0 Å². The van der Waals surface area contributed by atoms with Gasteiger partial charge in [-0.25, -0.2) is 0 Å². The summed E-state index contributed by atoms with van der Waals surface area (Å²) in [6.07, 6.45) is 0. The number of hydrogen-bond donors (Lipinski definition) is 0. The molecule has 0 aliphatic carbocycles. The first-order valence-corrected chi connectivity index (χ1v) is 5.73. The lowest BCUT2D eigenvalue weighted by atomic mass is 9.88. The fraction of sp³-hybridized carbons (Fsp3) is 0.538. The minimum atomic E-state index is 0.438. The largest absolute Gasteiger partial charge is 0.0616 e. The SMILES string of the molecule is Cc1c(C)c(C)c(C(C)[Si])c(C)c1C. The highest BCUT2D eigenvalue weighted by Crippen LogP contribution is 2.29. The predicted molar refractivity (Wildman–Crippen MR) is 64.3 cm³/mol. The summed E-state index contributed by atoms with van der Waals surface area (Å²) in [6.45, 7) is 13.3. The molecule has 1 rings (SSSR count). The quantitative estimate of drug-likeness (QED) is 0.613. The lowest BCUT2D eigenvalue weighted by Gasteiger charge is -2.20. The van der Waals surface area contributed by atoms with E-state index in [4.69, 9.17) is 0 Å². The van der Waals surface area contributed by atoms with Gasteiger partial charge in [-0.3, -0.25) is 0 Å². The normalized spacial score (nSPS) is 13.1. The van der Waals surface area contributed by atoms with Gasteiger partial charge in [-0.2, -0.15) is 0 Å². The summed E-state index contributed by atoms with van der Waals surface area (Å²) in [4.78, 5) is 0. The smallest absolute Gasteiger partial charge is 0.0327 e. The van der Waals surface area contributed by atoms with Crippen molar-refractivity contribution < 1.29 is 0 Å². The van der Waals surface area contributed by atoms with Gasteiger partial charge in [-0.05, 0) is 73.5 Å². The van der Waals surface area contributed by atoms with Crippen molar-refractivity contribution in [3.05, 3.63) is 33.4 Å². The molecule has 0 aliphatic rings. The second kappa shape index (κ2) is 3.89. The van der Waals surface area contributed by atoms with E-state index in [1.807, 2.05) is 0 Å². The predicted octanol–water partition coefficient (Wildman–Crippen LogP) is 3.46. The van der Waals surface area contributed by atoms with E-state index in [-0.39, 0.29) is 0 Å². The molecule has 0 saturated heterocycles. The molecule has 1 aromatic rings. The molecule has 0 heterocycles. The molecule has 0 spiro atoms. The molecule has 0 fully saturated rings. The van der Waals surface area contributed by atoms with E-state index in [1.54, 1.807) is 0 Å². The molecule has 0 N–H and O–H groups in total. The van der Waals surface area contributed by atoms with Gasteiger partial charge in [0.15, 0.2) is 0 Å². The molecule has 0 aromatic heterocycles. The molecule has 0 amide bonds. The summed E-state index contributed by atoms with van der Waals surface area (Å²) in [6, 6.07) is 0. The van der Waals surface area contributed by atoms with Crippen LogP contribution in [0.25, 0.3) is 0 Å². The fourth-order valence-corrected chi connectivity index (χ4v) is 2.61. The Bertz CT molecular complexity index is 333. The summed E-state index contributed by atoms with van der Waals surface area (Å²) in [5, 5.41) is 0. The van der Waals surface area contributed by atoms with Crippen LogP contribution in [0.15, 0.2) is 0 Å². The number of benzene rings is 1. The van der Waals surface area contributed by atoms with Crippen molar-refractivity contribution in [2.24, 2.45) is 0 Å². The van der Waals surface area contributed by atoms with Crippen LogP contribution < -0.4 is 0 Å². The molecule has 1 aromatic carbocycles. The Hall–Kier alpha value is -0.563. The Labute approximate surface area is 91.2 Å². The van der Waals surface area contributed by atoms with Crippen LogP contribution in [0.3, 0.4) is 0 Å². The highest BCUT2D eigenvalue weighted by Gasteiger charge is 2.13. The second-order valence-electron chi connectivity index (χ2n) is 4.26. The summed E-state index contributed by atoms with van der Waals surface area (Å²) < 4.78 is 0. The second-order valence-corrected chi connectivity index (χ2v) is 5.13. The molecule has 1 atom stereocenters. The molecule has 1 heteroatoms. The summed E-state index contributed by atoms with van der Waals surface area (Å²) in [5.41, 5.74) is 9.09. The first-order chi connectivity index (χ1) is 6.37. The van der Waals surface area contributed by atoms with Crippen LogP contribution in [0.2, 0.25) is 0 Å². The van der Waals surface area contributed by atoms with Gasteiger partial charge in [-0.1, -0.05) is 6.92 Å². The van der Waals surface area contributed by atoms with Crippen molar-refractivity contribution >= 4 is 10.2 Å². The van der Waals surface area contributed by atoms with E-state index in [1.165, 1.54) is 33.4 Å². The van der Waals surface area contributed by atoms with Crippen molar-refractivity contribution in [3.63, 3.8) is 0 Å². The maximum atomic E-state index is 3.73. The van der Waals surface area contributed by atoms with E-state index in [0.717, 1.165) is 0 Å². The summed E-state index contributed by atoms with van der Waals surface area (Å²) >= 11 is 0. The van der Waals surface area contributed by atoms with E-state index < -0.39 is 0 Å². The Balaban J connectivity index is 3.60. The Morgan fingerprint density at radius 1 is 0.714 bits per heavy atom. The zero-order valence-corrected chi connectivity index (χ0v) is 11.1. The molecular weight excluding hydrogens is 184 g/mol. The lowest BCUT2D eigenvalue weighted by Crippen LogP contribution is -2.05. The third-order valence-electron chi connectivity index (χ3n) is 3.49. The highest BCUT2D eigenvalue weighted by molar-refractivity contribution is 6.12. The van der Waals surface area contributed by atoms with Crippen LogP contribution >= 0.6 is 0 Å². The third kappa shape index (κ3) is 1.65. The average Bonchev–Trinajstić information content (AvgIpc) is 2.11. The van der Waals surface area contributed by atoms with Crippen LogP contribution in [0, 0.1) is 34.6 Å². The van der Waals surface area contributed by atoms with Gasteiger partial charge in [0.05, 0.1) is 0 Å². The van der Waals surface area contributed by atoms with Gasteiger partial charge >= 0.3 is 0 Å². The van der Waals surface area contributed by atoms with Gasteiger partial charge in [0.1, 0.15) is 0 Å². The number of rotatable bonds is 1. The summed E-state index contributed by atoms with van der Waals surface area (Å²) in [5.74, 6) is 0. The molecule has 0 aliphatic heterocycles. The molecular formula is C13H19Si. The maximum absolute atomic E-state index is 3.73. The van der Waals surface area contributed by atoms with E-state index >= 15 is 0 Å². The van der Waals surface area contributed by atoms with Crippen LogP contribution in [0.4, 0.5) is 0 Å². The molecule has 0 nitrogen and oxygen atoms in total. The molecule has 14 heavy (non-hydrogen) atoms. The van der Waals surface area contributed by atoms with Crippen LogP contribution in [-0.4, -0.2) is 10.2 Å². The summed E-state index contributed by atoms with van der Waals surface area (Å²) in [7, 11) is 3.73. The van der Waals surface area contributed by atoms with E-state index in [0.29, 0.717) is 5.54 Å². The minimum absolute atomic E-state index is 0.438. The molecule has 75 valence electrons. The lowest BCUT2D eigenvalue weighted by molar-refractivity contribution is 1.00. The zero-order valence-electron chi connectivity index (χ0n) is 10.1. The van der Waals surface area contributed by atoms with Crippen LogP contribution in [-0.2, 0) is 0 Å². The standard InChI is InChI=1S/C13H19Si/c1-7-8(2)10(4)13(12(6)14)11(5)9(7)3/h12H,1-6H3. The van der Waals surface area contributed by atoms with Crippen molar-refractivity contribution in [2.75, 3.05) is 0 Å². The highest BCUT2D eigenvalue weighted by atomic mass is 28.1. The first kappa shape index (κ1) is 11.5. The van der Waals surface area contributed by atoms with Gasteiger partial charge in [0.2, 0.25) is 0 Å². The van der Waals surface area contributed by atoms with Gasteiger partial charge in [-0.15, -0.1) is 0 Å². The van der Waals surface area contributed by atoms with Gasteiger partial charge in [0, 0.05) is 10.2 Å². The Morgan fingerprint density at radius 3 is 1.29 bits per heavy atom. The van der Waals surface area contributed by atoms with Gasteiger partial charge in [0.25, 0.3) is 0 Å².